The normalized spacial score (nSPS) is 9.96. The number of nitro benzene ring substituents is 1. The molecule has 0 aromatic heterocycles. The van der Waals surface area contributed by atoms with Gasteiger partial charge in [0.2, 0.25) is 0 Å². The molecule has 9 heteroatoms. The second-order valence-corrected chi connectivity index (χ2v) is 5.20. The topological polar surface area (TPSA) is 108 Å². The summed E-state index contributed by atoms with van der Waals surface area (Å²) in [6.07, 6.45) is 0. The van der Waals surface area contributed by atoms with Gasteiger partial charge in [-0.3, -0.25) is 14.9 Å². The number of carbonyl (C=O) groups excluding carboxylic acids is 2. The molecule has 1 N–H and O–H groups in total. The van der Waals surface area contributed by atoms with Crippen LogP contribution in [0.4, 0.5) is 11.4 Å². The summed E-state index contributed by atoms with van der Waals surface area (Å²) in [5, 5.41) is 13.6. The highest BCUT2D eigenvalue weighted by molar-refractivity contribution is 6.30. The molecule has 0 unspecified atom stereocenters. The van der Waals surface area contributed by atoms with Crippen molar-refractivity contribution in [1.29, 1.82) is 0 Å². The van der Waals surface area contributed by atoms with E-state index in [1.165, 1.54) is 24.3 Å². The van der Waals surface area contributed by atoms with Crippen LogP contribution in [0.3, 0.4) is 0 Å². The van der Waals surface area contributed by atoms with E-state index >= 15 is 0 Å². The van der Waals surface area contributed by atoms with Crippen molar-refractivity contribution in [3.05, 3.63) is 63.7 Å². The second kappa shape index (κ2) is 8.65. The molecule has 0 bridgehead atoms. The summed E-state index contributed by atoms with van der Waals surface area (Å²) in [5.41, 5.74) is 0.0684. The van der Waals surface area contributed by atoms with E-state index in [-0.39, 0.29) is 18.0 Å². The Morgan fingerprint density at radius 1 is 1.12 bits per heavy atom. The van der Waals surface area contributed by atoms with Gasteiger partial charge >= 0.3 is 5.97 Å². The van der Waals surface area contributed by atoms with E-state index in [1.54, 1.807) is 24.3 Å². The summed E-state index contributed by atoms with van der Waals surface area (Å²) >= 11 is 5.72. The number of nitro groups is 1. The molecule has 0 fully saturated rings. The molecule has 2 aromatic rings. The van der Waals surface area contributed by atoms with Crippen LogP contribution in [0.2, 0.25) is 5.02 Å². The number of carbonyl (C=O) groups is 2. The summed E-state index contributed by atoms with van der Waals surface area (Å²) in [7, 11) is 0. The number of ether oxygens (including phenoxy) is 2. The number of halogens is 1. The van der Waals surface area contributed by atoms with E-state index in [1.807, 2.05) is 0 Å². The smallest absolute Gasteiger partial charge is 0.344 e. The van der Waals surface area contributed by atoms with Gasteiger partial charge in [-0.05, 0) is 30.3 Å². The number of nitrogens with zero attached hydrogens (tertiary/aromatic N) is 1. The first kappa shape index (κ1) is 18.2. The molecule has 0 aliphatic rings. The van der Waals surface area contributed by atoms with Crippen LogP contribution in [-0.2, 0) is 14.3 Å². The van der Waals surface area contributed by atoms with Crippen LogP contribution in [0.1, 0.15) is 0 Å². The van der Waals surface area contributed by atoms with Crippen LogP contribution in [0.15, 0.2) is 48.5 Å². The standard InChI is InChI=1S/C16H13ClN2O6/c17-11-4-6-14(7-5-11)24-10-16(21)25-9-15(20)18-12-2-1-3-13(8-12)19(22)23/h1-8H,9-10H2,(H,18,20). The summed E-state index contributed by atoms with van der Waals surface area (Å²) in [4.78, 5) is 33.3. The lowest BCUT2D eigenvalue weighted by Crippen LogP contribution is -2.23. The molecule has 0 aliphatic heterocycles. The molecule has 0 aliphatic carbocycles. The fourth-order valence-corrected chi connectivity index (χ4v) is 1.88. The number of hydrogen-bond donors (Lipinski definition) is 1. The van der Waals surface area contributed by atoms with E-state index in [4.69, 9.17) is 21.1 Å². The Bertz CT molecular complexity index is 778. The molecule has 1 amide bonds. The lowest BCUT2D eigenvalue weighted by molar-refractivity contribution is -0.384. The predicted octanol–water partition coefficient (Wildman–Crippen LogP) is 2.81. The number of esters is 1. The molecule has 8 nitrogen and oxygen atoms in total. The zero-order valence-electron chi connectivity index (χ0n) is 12.8. The third-order valence-electron chi connectivity index (χ3n) is 2.88. The van der Waals surface area contributed by atoms with Gasteiger partial charge in [-0.25, -0.2) is 4.79 Å². The molecule has 0 radical (unpaired) electrons. The molecule has 2 rings (SSSR count). The van der Waals surface area contributed by atoms with Crippen molar-refractivity contribution in [2.75, 3.05) is 18.5 Å². The number of non-ortho nitro benzene ring substituents is 1. The average molecular weight is 365 g/mol. The van der Waals surface area contributed by atoms with Crippen LogP contribution < -0.4 is 10.1 Å². The SMILES string of the molecule is O=C(COC(=O)COc1ccc(Cl)cc1)Nc1cccc([N+](=O)[O-])c1. The minimum Gasteiger partial charge on any atom is -0.482 e. The van der Waals surface area contributed by atoms with Crippen LogP contribution in [0.25, 0.3) is 0 Å². The van der Waals surface area contributed by atoms with Gasteiger partial charge in [0.25, 0.3) is 11.6 Å². The zero-order valence-corrected chi connectivity index (χ0v) is 13.6. The van der Waals surface area contributed by atoms with Gasteiger partial charge in [0.1, 0.15) is 5.75 Å². The van der Waals surface area contributed by atoms with Crippen molar-refractivity contribution in [2.24, 2.45) is 0 Å². The molecular formula is C16H13ClN2O6. The Morgan fingerprint density at radius 2 is 1.84 bits per heavy atom. The summed E-state index contributed by atoms with van der Waals surface area (Å²) in [5.74, 6) is -0.924. The van der Waals surface area contributed by atoms with Crippen LogP contribution >= 0.6 is 11.6 Å². The lowest BCUT2D eigenvalue weighted by atomic mass is 10.3. The molecule has 2 aromatic carbocycles. The van der Waals surface area contributed by atoms with E-state index < -0.39 is 23.4 Å². The monoisotopic (exact) mass is 364 g/mol. The van der Waals surface area contributed by atoms with E-state index in [0.29, 0.717) is 10.8 Å². The summed E-state index contributed by atoms with van der Waals surface area (Å²) < 4.78 is 9.94. The molecule has 0 saturated carbocycles. The Hall–Kier alpha value is -3.13. The number of benzene rings is 2. The Balaban J connectivity index is 1.75. The average Bonchev–Trinajstić information content (AvgIpc) is 2.59. The van der Waals surface area contributed by atoms with Gasteiger partial charge in [-0.1, -0.05) is 17.7 Å². The first-order valence-corrected chi connectivity index (χ1v) is 7.40. The van der Waals surface area contributed by atoms with Gasteiger partial charge in [0.15, 0.2) is 13.2 Å². The van der Waals surface area contributed by atoms with Crippen molar-refractivity contribution >= 4 is 34.9 Å². The third-order valence-corrected chi connectivity index (χ3v) is 3.13. The number of hydrogen-bond acceptors (Lipinski definition) is 6. The van der Waals surface area contributed by atoms with Crippen molar-refractivity contribution in [2.45, 2.75) is 0 Å². The fraction of sp³-hybridized carbons (Fsp3) is 0.125. The van der Waals surface area contributed by atoms with Crippen LogP contribution in [0, 0.1) is 10.1 Å². The largest absolute Gasteiger partial charge is 0.482 e. The van der Waals surface area contributed by atoms with Gasteiger partial charge < -0.3 is 14.8 Å². The van der Waals surface area contributed by atoms with Crippen molar-refractivity contribution in [1.82, 2.24) is 0 Å². The van der Waals surface area contributed by atoms with Crippen molar-refractivity contribution in [3.63, 3.8) is 0 Å². The minimum absolute atomic E-state index is 0.161. The quantitative estimate of drug-likeness (QED) is 0.460. The molecule has 0 atom stereocenters. The maximum absolute atomic E-state index is 11.7. The fourth-order valence-electron chi connectivity index (χ4n) is 1.76. The van der Waals surface area contributed by atoms with Crippen molar-refractivity contribution in [3.8, 4) is 5.75 Å². The van der Waals surface area contributed by atoms with Crippen LogP contribution in [0.5, 0.6) is 5.75 Å². The number of amides is 1. The van der Waals surface area contributed by atoms with Gasteiger partial charge in [-0.15, -0.1) is 0 Å². The molecule has 0 spiro atoms. The summed E-state index contributed by atoms with van der Waals surface area (Å²) in [6, 6.07) is 11.8. The highest BCUT2D eigenvalue weighted by atomic mass is 35.5. The van der Waals surface area contributed by atoms with Gasteiger partial charge in [0, 0.05) is 22.8 Å². The molecule has 0 saturated heterocycles. The van der Waals surface area contributed by atoms with Crippen molar-refractivity contribution < 1.29 is 24.0 Å². The zero-order chi connectivity index (χ0) is 18.2. The number of nitrogens with one attached hydrogen (secondary N) is 1. The highest BCUT2D eigenvalue weighted by Crippen LogP contribution is 2.17. The number of anilines is 1. The van der Waals surface area contributed by atoms with E-state index in [0.717, 1.165) is 0 Å². The second-order valence-electron chi connectivity index (χ2n) is 4.76. The Labute approximate surface area is 147 Å². The highest BCUT2D eigenvalue weighted by Gasteiger charge is 2.11. The Kier molecular flexibility index (Phi) is 6.30. The third kappa shape index (κ3) is 6.11. The van der Waals surface area contributed by atoms with Crippen LogP contribution in [-0.4, -0.2) is 30.0 Å². The Morgan fingerprint density at radius 3 is 2.52 bits per heavy atom. The maximum Gasteiger partial charge on any atom is 0.344 e. The van der Waals surface area contributed by atoms with Gasteiger partial charge in [-0.2, -0.15) is 0 Å². The minimum atomic E-state index is -0.732. The number of rotatable bonds is 7. The first-order valence-electron chi connectivity index (χ1n) is 7.02. The maximum atomic E-state index is 11.7. The predicted molar refractivity (Wildman–Crippen MR) is 89.6 cm³/mol. The molecule has 0 heterocycles. The summed E-state index contributed by atoms with van der Waals surface area (Å²) in [6.45, 7) is -0.906. The molecule has 25 heavy (non-hydrogen) atoms. The molecule has 130 valence electrons. The van der Waals surface area contributed by atoms with E-state index in [2.05, 4.69) is 5.32 Å². The van der Waals surface area contributed by atoms with E-state index in [9.17, 15) is 19.7 Å². The first-order chi connectivity index (χ1) is 11.9. The molecular weight excluding hydrogens is 352 g/mol. The lowest BCUT2D eigenvalue weighted by Gasteiger charge is -2.08. The van der Waals surface area contributed by atoms with Gasteiger partial charge in [0.05, 0.1) is 4.92 Å².